The smallest absolute Gasteiger partial charge is 0.271 e. The monoisotopic (exact) mass is 350 g/mol. The summed E-state index contributed by atoms with van der Waals surface area (Å²) in [5, 5.41) is 6.66. The molecule has 0 atom stereocenters. The van der Waals surface area contributed by atoms with Crippen molar-refractivity contribution in [3.63, 3.8) is 0 Å². The average molecular weight is 350 g/mol. The first-order valence-corrected chi connectivity index (χ1v) is 8.68. The van der Waals surface area contributed by atoms with Gasteiger partial charge in [-0.3, -0.25) is 9.59 Å². The molecule has 2 amide bonds. The summed E-state index contributed by atoms with van der Waals surface area (Å²) in [6.45, 7) is 3.67. The molecular formula is C20H22N4O2. The van der Waals surface area contributed by atoms with Crippen LogP contribution in [0.3, 0.4) is 0 Å². The number of hydrazone groups is 1. The van der Waals surface area contributed by atoms with Crippen LogP contribution in [-0.2, 0) is 4.79 Å². The van der Waals surface area contributed by atoms with Gasteiger partial charge in [0.15, 0.2) is 0 Å². The summed E-state index contributed by atoms with van der Waals surface area (Å²) in [6, 6.07) is 14.8. The van der Waals surface area contributed by atoms with Crippen LogP contribution >= 0.6 is 0 Å². The van der Waals surface area contributed by atoms with Crippen molar-refractivity contribution >= 4 is 29.4 Å². The third kappa shape index (κ3) is 4.69. The molecule has 0 spiro atoms. The van der Waals surface area contributed by atoms with Gasteiger partial charge in [-0.05, 0) is 54.8 Å². The first-order valence-electron chi connectivity index (χ1n) is 8.68. The van der Waals surface area contributed by atoms with Crippen LogP contribution in [0.5, 0.6) is 0 Å². The molecule has 1 saturated heterocycles. The lowest BCUT2D eigenvalue weighted by molar-refractivity contribution is -0.114. The van der Waals surface area contributed by atoms with Crippen molar-refractivity contribution in [2.45, 2.75) is 19.8 Å². The van der Waals surface area contributed by atoms with Gasteiger partial charge in [0.2, 0.25) is 5.91 Å². The van der Waals surface area contributed by atoms with E-state index in [-0.39, 0.29) is 11.8 Å². The summed E-state index contributed by atoms with van der Waals surface area (Å²) in [7, 11) is 0. The van der Waals surface area contributed by atoms with Crippen molar-refractivity contribution in [3.8, 4) is 0 Å². The number of hydrogen-bond acceptors (Lipinski definition) is 4. The average Bonchev–Trinajstić information content (AvgIpc) is 3.17. The molecule has 26 heavy (non-hydrogen) atoms. The van der Waals surface area contributed by atoms with Crippen molar-refractivity contribution in [3.05, 3.63) is 59.7 Å². The standard InChI is InChI=1S/C20H22N4O2/c1-15(25)22-18-8-6-17(7-9-18)20(26)23-21-14-16-4-10-19(11-5-16)24-12-2-3-13-24/h4-11,14H,2-3,12-13H2,1H3,(H,22,25)(H,23,26). The Morgan fingerprint density at radius 2 is 1.65 bits per heavy atom. The van der Waals surface area contributed by atoms with Crippen LogP contribution in [0.25, 0.3) is 0 Å². The summed E-state index contributed by atoms with van der Waals surface area (Å²) in [6.07, 6.45) is 4.12. The number of benzene rings is 2. The zero-order valence-corrected chi connectivity index (χ0v) is 14.7. The predicted octanol–water partition coefficient (Wildman–Crippen LogP) is 3.01. The molecule has 0 radical (unpaired) electrons. The molecule has 0 aromatic heterocycles. The number of nitrogens with zero attached hydrogens (tertiary/aromatic N) is 2. The molecule has 2 aromatic carbocycles. The fourth-order valence-corrected chi connectivity index (χ4v) is 2.88. The van der Waals surface area contributed by atoms with Gasteiger partial charge >= 0.3 is 0 Å². The molecule has 2 aromatic rings. The highest BCUT2D eigenvalue weighted by atomic mass is 16.2. The van der Waals surface area contributed by atoms with Gasteiger partial charge in [0.05, 0.1) is 6.21 Å². The second-order valence-electron chi connectivity index (χ2n) is 6.24. The summed E-state index contributed by atoms with van der Waals surface area (Å²) in [4.78, 5) is 25.4. The van der Waals surface area contributed by atoms with E-state index in [0.717, 1.165) is 18.7 Å². The highest BCUT2D eigenvalue weighted by Crippen LogP contribution is 2.19. The Kier molecular flexibility index (Phi) is 5.63. The van der Waals surface area contributed by atoms with E-state index in [1.807, 2.05) is 12.1 Å². The highest BCUT2D eigenvalue weighted by Gasteiger charge is 2.11. The number of carbonyl (C=O) groups excluding carboxylic acids is 2. The van der Waals surface area contributed by atoms with Gasteiger partial charge in [-0.2, -0.15) is 5.10 Å². The van der Waals surface area contributed by atoms with Crippen LogP contribution in [0.4, 0.5) is 11.4 Å². The Bertz CT molecular complexity index is 792. The normalized spacial score (nSPS) is 13.8. The first kappa shape index (κ1) is 17.7. The Hall–Kier alpha value is -3.15. The van der Waals surface area contributed by atoms with Crippen LogP contribution < -0.4 is 15.6 Å². The number of amides is 2. The Morgan fingerprint density at radius 3 is 2.27 bits per heavy atom. The fraction of sp³-hybridized carbons (Fsp3) is 0.250. The van der Waals surface area contributed by atoms with E-state index in [1.54, 1.807) is 30.5 Å². The maximum absolute atomic E-state index is 12.1. The zero-order valence-electron chi connectivity index (χ0n) is 14.7. The molecule has 2 N–H and O–H groups in total. The SMILES string of the molecule is CC(=O)Nc1ccc(C(=O)NN=Cc2ccc(N3CCCC3)cc2)cc1. The Labute approximate surface area is 152 Å². The molecule has 1 aliphatic rings. The summed E-state index contributed by atoms with van der Waals surface area (Å²) in [5.41, 5.74) is 5.78. The topological polar surface area (TPSA) is 73.8 Å². The molecule has 0 saturated carbocycles. The molecule has 1 fully saturated rings. The van der Waals surface area contributed by atoms with Gasteiger partial charge < -0.3 is 10.2 Å². The van der Waals surface area contributed by atoms with Crippen molar-refractivity contribution in [1.29, 1.82) is 0 Å². The fourth-order valence-electron chi connectivity index (χ4n) is 2.88. The van der Waals surface area contributed by atoms with Gasteiger partial charge in [0.1, 0.15) is 0 Å². The predicted molar refractivity (Wildman–Crippen MR) is 104 cm³/mol. The maximum Gasteiger partial charge on any atom is 0.271 e. The summed E-state index contributed by atoms with van der Waals surface area (Å²) in [5.74, 6) is -0.452. The first-order chi connectivity index (χ1) is 12.6. The Balaban J connectivity index is 1.54. The number of nitrogens with one attached hydrogen (secondary N) is 2. The lowest BCUT2D eigenvalue weighted by Gasteiger charge is -2.17. The Morgan fingerprint density at radius 1 is 1.00 bits per heavy atom. The lowest BCUT2D eigenvalue weighted by atomic mass is 10.2. The van der Waals surface area contributed by atoms with E-state index >= 15 is 0 Å². The third-order valence-corrected chi connectivity index (χ3v) is 4.21. The minimum Gasteiger partial charge on any atom is -0.372 e. The van der Waals surface area contributed by atoms with Crippen molar-refractivity contribution in [2.24, 2.45) is 5.10 Å². The molecule has 0 unspecified atom stereocenters. The number of carbonyl (C=O) groups is 2. The molecule has 134 valence electrons. The highest BCUT2D eigenvalue weighted by molar-refractivity contribution is 5.96. The van der Waals surface area contributed by atoms with Gasteiger partial charge in [-0.1, -0.05) is 12.1 Å². The molecular weight excluding hydrogens is 328 g/mol. The molecule has 6 nitrogen and oxygen atoms in total. The largest absolute Gasteiger partial charge is 0.372 e. The van der Waals surface area contributed by atoms with Gasteiger partial charge in [0, 0.05) is 37.0 Å². The molecule has 1 heterocycles. The minimum atomic E-state index is -0.302. The van der Waals surface area contributed by atoms with Crippen LogP contribution in [0.1, 0.15) is 35.7 Å². The van der Waals surface area contributed by atoms with E-state index in [2.05, 4.69) is 32.9 Å². The van der Waals surface area contributed by atoms with Crippen LogP contribution in [0.2, 0.25) is 0 Å². The second kappa shape index (κ2) is 8.29. The van der Waals surface area contributed by atoms with E-state index in [9.17, 15) is 9.59 Å². The van der Waals surface area contributed by atoms with Gasteiger partial charge in [0.25, 0.3) is 5.91 Å². The maximum atomic E-state index is 12.1. The second-order valence-corrected chi connectivity index (χ2v) is 6.24. The van der Waals surface area contributed by atoms with Gasteiger partial charge in [-0.25, -0.2) is 5.43 Å². The molecule has 0 bridgehead atoms. The summed E-state index contributed by atoms with van der Waals surface area (Å²) >= 11 is 0. The van der Waals surface area contributed by atoms with E-state index in [1.165, 1.54) is 25.5 Å². The van der Waals surface area contributed by atoms with Crippen LogP contribution in [0.15, 0.2) is 53.6 Å². The van der Waals surface area contributed by atoms with E-state index in [4.69, 9.17) is 0 Å². The third-order valence-electron chi connectivity index (χ3n) is 4.21. The van der Waals surface area contributed by atoms with Gasteiger partial charge in [-0.15, -0.1) is 0 Å². The van der Waals surface area contributed by atoms with Crippen LogP contribution in [0, 0.1) is 0 Å². The van der Waals surface area contributed by atoms with Crippen molar-refractivity contribution < 1.29 is 9.59 Å². The minimum absolute atomic E-state index is 0.150. The molecule has 1 aliphatic heterocycles. The van der Waals surface area contributed by atoms with E-state index < -0.39 is 0 Å². The molecule has 6 heteroatoms. The zero-order chi connectivity index (χ0) is 18.4. The molecule has 3 rings (SSSR count). The van der Waals surface area contributed by atoms with Crippen LogP contribution in [-0.4, -0.2) is 31.1 Å². The number of hydrogen-bond donors (Lipinski definition) is 2. The molecule has 0 aliphatic carbocycles. The lowest BCUT2D eigenvalue weighted by Crippen LogP contribution is -2.18. The number of anilines is 2. The van der Waals surface area contributed by atoms with Crippen molar-refractivity contribution in [2.75, 3.05) is 23.3 Å². The quantitative estimate of drug-likeness (QED) is 0.643. The van der Waals surface area contributed by atoms with Crippen molar-refractivity contribution in [1.82, 2.24) is 5.43 Å². The summed E-state index contributed by atoms with van der Waals surface area (Å²) < 4.78 is 0. The van der Waals surface area contributed by atoms with E-state index in [0.29, 0.717) is 11.3 Å². The number of rotatable bonds is 5.